The predicted molar refractivity (Wildman–Crippen MR) is 68.4 cm³/mol. The third-order valence-corrected chi connectivity index (χ3v) is 1.89. The number of hydrogen-bond acceptors (Lipinski definition) is 3. The average molecular weight is 235 g/mol. The molecule has 0 aliphatic carbocycles. The molecule has 0 spiro atoms. The van der Waals surface area contributed by atoms with Gasteiger partial charge in [-0.15, -0.1) is 0 Å². The summed E-state index contributed by atoms with van der Waals surface area (Å²) in [6.45, 7) is -0.00122. The lowest BCUT2D eigenvalue weighted by Crippen LogP contribution is -2.39. The Kier molecular flexibility index (Phi) is 5.19. The summed E-state index contributed by atoms with van der Waals surface area (Å²) in [4.78, 5) is 11.4. The maximum Gasteiger partial charge on any atom is 0.333 e. The lowest BCUT2D eigenvalue weighted by Gasteiger charge is -2.12. The van der Waals surface area contributed by atoms with Gasteiger partial charge in [-0.3, -0.25) is 5.43 Å². The van der Waals surface area contributed by atoms with E-state index in [1.807, 2.05) is 18.2 Å². The zero-order chi connectivity index (χ0) is 12.7. The SMILES string of the molecule is CN(C)NC(=O)Nc1cccc(/C=C/CO)c1. The van der Waals surface area contributed by atoms with Crippen LogP contribution in [0.15, 0.2) is 30.3 Å². The van der Waals surface area contributed by atoms with E-state index in [-0.39, 0.29) is 12.6 Å². The number of anilines is 1. The highest BCUT2D eigenvalue weighted by molar-refractivity contribution is 5.89. The molecule has 0 atom stereocenters. The molecule has 92 valence electrons. The van der Waals surface area contributed by atoms with Crippen LogP contribution < -0.4 is 10.7 Å². The van der Waals surface area contributed by atoms with Crippen LogP contribution in [0.4, 0.5) is 10.5 Å². The van der Waals surface area contributed by atoms with Crippen molar-refractivity contribution in [3.63, 3.8) is 0 Å². The Labute approximate surface area is 101 Å². The molecule has 1 rings (SSSR count). The average Bonchev–Trinajstić information content (AvgIpc) is 2.25. The first kappa shape index (κ1) is 13.2. The topological polar surface area (TPSA) is 64.6 Å². The molecule has 3 N–H and O–H groups in total. The smallest absolute Gasteiger partial charge is 0.333 e. The summed E-state index contributed by atoms with van der Waals surface area (Å²) in [6, 6.07) is 7.05. The summed E-state index contributed by atoms with van der Waals surface area (Å²) < 4.78 is 0. The standard InChI is InChI=1S/C12H17N3O2/c1-15(2)14-12(17)13-11-7-3-5-10(9-11)6-4-8-16/h3-7,9,16H,8H2,1-2H3,(H2,13,14,17)/b6-4+. The summed E-state index contributed by atoms with van der Waals surface area (Å²) in [5, 5.41) is 12.9. The van der Waals surface area contributed by atoms with E-state index in [9.17, 15) is 4.79 Å². The number of aliphatic hydroxyl groups excluding tert-OH is 1. The second-order valence-electron chi connectivity index (χ2n) is 3.67. The zero-order valence-electron chi connectivity index (χ0n) is 9.97. The van der Waals surface area contributed by atoms with Crippen LogP contribution in [-0.2, 0) is 0 Å². The van der Waals surface area contributed by atoms with Gasteiger partial charge in [-0.1, -0.05) is 24.3 Å². The fourth-order valence-corrected chi connectivity index (χ4v) is 1.27. The van der Waals surface area contributed by atoms with Crippen molar-refractivity contribution in [3.8, 4) is 0 Å². The van der Waals surface area contributed by atoms with Gasteiger partial charge in [-0.05, 0) is 17.7 Å². The van der Waals surface area contributed by atoms with Gasteiger partial charge < -0.3 is 10.4 Å². The number of carbonyl (C=O) groups is 1. The third-order valence-electron chi connectivity index (χ3n) is 1.89. The maximum absolute atomic E-state index is 11.4. The Morgan fingerprint density at radius 1 is 1.47 bits per heavy atom. The van der Waals surface area contributed by atoms with Crippen LogP contribution in [0.5, 0.6) is 0 Å². The van der Waals surface area contributed by atoms with Gasteiger partial charge in [0.25, 0.3) is 0 Å². The number of carbonyl (C=O) groups excluding carboxylic acids is 1. The van der Waals surface area contributed by atoms with Crippen molar-refractivity contribution in [3.05, 3.63) is 35.9 Å². The number of aliphatic hydroxyl groups is 1. The van der Waals surface area contributed by atoms with Crippen molar-refractivity contribution >= 4 is 17.8 Å². The van der Waals surface area contributed by atoms with Gasteiger partial charge in [-0.25, -0.2) is 9.80 Å². The van der Waals surface area contributed by atoms with Gasteiger partial charge in [0, 0.05) is 19.8 Å². The third kappa shape index (κ3) is 5.14. The summed E-state index contributed by atoms with van der Waals surface area (Å²) in [5.41, 5.74) is 4.20. The molecule has 0 radical (unpaired) electrons. The lowest BCUT2D eigenvalue weighted by atomic mass is 10.2. The van der Waals surface area contributed by atoms with Crippen LogP contribution in [0.2, 0.25) is 0 Å². The molecule has 0 aliphatic heterocycles. The molecule has 17 heavy (non-hydrogen) atoms. The van der Waals surface area contributed by atoms with Gasteiger partial charge in [0.15, 0.2) is 0 Å². The molecular formula is C12H17N3O2. The molecule has 0 bridgehead atoms. The highest BCUT2D eigenvalue weighted by Gasteiger charge is 2.01. The minimum absolute atomic E-state index is 0.00122. The fourth-order valence-electron chi connectivity index (χ4n) is 1.27. The summed E-state index contributed by atoms with van der Waals surface area (Å²) in [7, 11) is 3.47. The molecule has 0 saturated heterocycles. The first-order valence-electron chi connectivity index (χ1n) is 5.24. The number of rotatable bonds is 4. The molecular weight excluding hydrogens is 218 g/mol. The molecule has 0 heterocycles. The number of hydrogen-bond donors (Lipinski definition) is 3. The minimum Gasteiger partial charge on any atom is -0.392 e. The van der Waals surface area contributed by atoms with Crippen molar-refractivity contribution in [2.24, 2.45) is 0 Å². The van der Waals surface area contributed by atoms with E-state index in [0.29, 0.717) is 5.69 Å². The largest absolute Gasteiger partial charge is 0.392 e. The molecule has 5 heteroatoms. The minimum atomic E-state index is -0.293. The van der Waals surface area contributed by atoms with Crippen molar-refractivity contribution in [2.75, 3.05) is 26.0 Å². The number of benzene rings is 1. The number of hydrazine groups is 1. The molecule has 0 fully saturated rings. The molecule has 0 aliphatic rings. The number of nitrogens with one attached hydrogen (secondary N) is 2. The van der Waals surface area contributed by atoms with E-state index < -0.39 is 0 Å². The molecule has 0 unspecified atom stereocenters. The molecule has 5 nitrogen and oxygen atoms in total. The Morgan fingerprint density at radius 3 is 2.88 bits per heavy atom. The van der Waals surface area contributed by atoms with Gasteiger partial charge in [0.2, 0.25) is 0 Å². The van der Waals surface area contributed by atoms with E-state index >= 15 is 0 Å². The summed E-state index contributed by atoms with van der Waals surface area (Å²) >= 11 is 0. The van der Waals surface area contributed by atoms with Gasteiger partial charge in [-0.2, -0.15) is 0 Å². The predicted octanol–water partition coefficient (Wildman–Crippen LogP) is 1.29. The maximum atomic E-state index is 11.4. The second kappa shape index (κ2) is 6.67. The van der Waals surface area contributed by atoms with Crippen LogP contribution in [0, 0.1) is 0 Å². The van der Waals surface area contributed by atoms with Gasteiger partial charge in [0.05, 0.1) is 6.61 Å². The lowest BCUT2D eigenvalue weighted by molar-refractivity contribution is 0.224. The normalized spacial score (nSPS) is 10.8. The first-order chi connectivity index (χ1) is 8.11. The molecule has 2 amide bonds. The van der Waals surface area contributed by atoms with Gasteiger partial charge in [0.1, 0.15) is 0 Å². The van der Waals surface area contributed by atoms with E-state index in [1.165, 1.54) is 0 Å². The molecule has 0 saturated carbocycles. The van der Waals surface area contributed by atoms with Crippen molar-refractivity contribution in [1.29, 1.82) is 0 Å². The first-order valence-corrected chi connectivity index (χ1v) is 5.24. The second-order valence-corrected chi connectivity index (χ2v) is 3.67. The zero-order valence-corrected chi connectivity index (χ0v) is 9.97. The summed E-state index contributed by atoms with van der Waals surface area (Å²) in [6.07, 6.45) is 3.42. The quantitative estimate of drug-likeness (QED) is 0.689. The number of urea groups is 1. The van der Waals surface area contributed by atoms with E-state index in [0.717, 1.165) is 5.56 Å². The van der Waals surface area contributed by atoms with Crippen LogP contribution in [0.1, 0.15) is 5.56 Å². The monoisotopic (exact) mass is 235 g/mol. The molecule has 1 aromatic rings. The number of amides is 2. The van der Waals surface area contributed by atoms with Crippen LogP contribution in [0.3, 0.4) is 0 Å². The van der Waals surface area contributed by atoms with Crippen molar-refractivity contribution in [2.45, 2.75) is 0 Å². The highest BCUT2D eigenvalue weighted by atomic mass is 16.2. The highest BCUT2D eigenvalue weighted by Crippen LogP contribution is 2.11. The van der Waals surface area contributed by atoms with E-state index in [4.69, 9.17) is 5.11 Å². The Hall–Kier alpha value is -1.85. The molecule has 0 aromatic heterocycles. The van der Waals surface area contributed by atoms with E-state index in [1.54, 1.807) is 37.3 Å². The van der Waals surface area contributed by atoms with E-state index in [2.05, 4.69) is 10.7 Å². The van der Waals surface area contributed by atoms with Crippen LogP contribution >= 0.6 is 0 Å². The van der Waals surface area contributed by atoms with Crippen LogP contribution in [-0.4, -0.2) is 36.8 Å². The van der Waals surface area contributed by atoms with Crippen LogP contribution in [0.25, 0.3) is 6.08 Å². The fraction of sp³-hybridized carbons (Fsp3) is 0.250. The van der Waals surface area contributed by atoms with Gasteiger partial charge >= 0.3 is 6.03 Å². The van der Waals surface area contributed by atoms with Crippen molar-refractivity contribution < 1.29 is 9.90 Å². The Bertz CT molecular complexity index is 402. The summed E-state index contributed by atoms with van der Waals surface area (Å²) in [5.74, 6) is 0. The number of nitrogens with zero attached hydrogens (tertiary/aromatic N) is 1. The Balaban J connectivity index is 2.65. The molecule has 1 aromatic carbocycles. The Morgan fingerprint density at radius 2 is 2.24 bits per heavy atom. The van der Waals surface area contributed by atoms with Crippen molar-refractivity contribution in [1.82, 2.24) is 10.4 Å².